The zero-order valence-electron chi connectivity index (χ0n) is 6.73. The molecule has 72 valence electrons. The molecule has 1 fully saturated rings. The van der Waals surface area contributed by atoms with Crippen LogP contribution >= 0.6 is 0 Å². The van der Waals surface area contributed by atoms with Crippen LogP contribution in [0.25, 0.3) is 0 Å². The molecule has 1 rings (SSSR count). The van der Waals surface area contributed by atoms with Gasteiger partial charge in [0.05, 0.1) is 16.9 Å². The Morgan fingerprint density at radius 1 is 1.62 bits per heavy atom. The van der Waals surface area contributed by atoms with Crippen molar-refractivity contribution in [1.29, 1.82) is 0 Å². The highest BCUT2D eigenvalue weighted by Gasteiger charge is 2.54. The summed E-state index contributed by atoms with van der Waals surface area (Å²) in [5, 5.41) is 8.57. The van der Waals surface area contributed by atoms with Crippen molar-refractivity contribution < 1.29 is 18.3 Å². The van der Waals surface area contributed by atoms with Crippen molar-refractivity contribution in [3.63, 3.8) is 0 Å². The molecule has 0 radical (unpaired) electrons. The second kappa shape index (κ2) is 2.72. The highest BCUT2D eigenvalue weighted by atomic mass is 32.2. The van der Waals surface area contributed by atoms with E-state index in [1.807, 2.05) is 0 Å². The van der Waals surface area contributed by atoms with Gasteiger partial charge in [-0.25, -0.2) is 8.42 Å². The smallest absolute Gasteiger partial charge is 0.322 e. The number of terminal acetylenes is 1. The van der Waals surface area contributed by atoms with E-state index in [9.17, 15) is 13.2 Å². The quantitative estimate of drug-likeness (QED) is 0.529. The van der Waals surface area contributed by atoms with Crippen LogP contribution in [-0.2, 0) is 14.6 Å². The van der Waals surface area contributed by atoms with Crippen molar-refractivity contribution in [2.45, 2.75) is 6.04 Å². The van der Waals surface area contributed by atoms with Crippen LogP contribution in [0, 0.1) is 17.8 Å². The lowest BCUT2D eigenvalue weighted by molar-refractivity contribution is -0.140. The number of sulfone groups is 1. The van der Waals surface area contributed by atoms with E-state index in [-0.39, 0.29) is 11.5 Å². The monoisotopic (exact) mass is 203 g/mol. The molecule has 13 heavy (non-hydrogen) atoms. The molecular formula is C7H9NO4S. The second-order valence-electron chi connectivity index (χ2n) is 3.15. The van der Waals surface area contributed by atoms with Gasteiger partial charge in [0, 0.05) is 0 Å². The number of rotatable bonds is 2. The topological polar surface area (TPSA) is 97.5 Å². The molecule has 1 atom stereocenters. The number of aliphatic carboxylic acids is 1. The van der Waals surface area contributed by atoms with Crippen molar-refractivity contribution in [1.82, 2.24) is 0 Å². The normalized spacial score (nSPS) is 25.2. The summed E-state index contributed by atoms with van der Waals surface area (Å²) in [6, 6.07) is -1.30. The van der Waals surface area contributed by atoms with E-state index in [1.54, 1.807) is 0 Å². The van der Waals surface area contributed by atoms with Crippen LogP contribution in [0.4, 0.5) is 0 Å². The average molecular weight is 203 g/mol. The molecular weight excluding hydrogens is 194 g/mol. The molecule has 0 unspecified atom stereocenters. The zero-order chi connectivity index (χ0) is 10.3. The van der Waals surface area contributed by atoms with Crippen molar-refractivity contribution in [2.75, 3.05) is 11.5 Å². The fraction of sp³-hybridized carbons (Fsp3) is 0.571. The Morgan fingerprint density at radius 3 is 2.31 bits per heavy atom. The van der Waals surface area contributed by atoms with Gasteiger partial charge in [0.15, 0.2) is 9.84 Å². The lowest BCUT2D eigenvalue weighted by Gasteiger charge is -2.38. The maximum atomic E-state index is 10.8. The fourth-order valence-electron chi connectivity index (χ4n) is 1.33. The predicted octanol–water partition coefficient (Wildman–Crippen LogP) is -1.55. The summed E-state index contributed by atoms with van der Waals surface area (Å²) in [5.41, 5.74) is 4.08. The van der Waals surface area contributed by atoms with E-state index >= 15 is 0 Å². The lowest BCUT2D eigenvalue weighted by Crippen LogP contribution is -2.60. The van der Waals surface area contributed by atoms with Gasteiger partial charge in [-0.2, -0.15) is 0 Å². The first-order chi connectivity index (χ1) is 5.83. The minimum Gasteiger partial charge on any atom is -0.480 e. The number of carboxylic acids is 1. The molecule has 5 nitrogen and oxygen atoms in total. The summed E-state index contributed by atoms with van der Waals surface area (Å²) in [5.74, 6) is 0.237. The minimum absolute atomic E-state index is 0.329. The first-order valence-electron chi connectivity index (χ1n) is 3.49. The SMILES string of the molecule is C#CC1([C@H](N)C(=O)O)CS(=O)(=O)C1. The van der Waals surface area contributed by atoms with E-state index in [1.165, 1.54) is 0 Å². The predicted molar refractivity (Wildman–Crippen MR) is 45.5 cm³/mol. The van der Waals surface area contributed by atoms with Gasteiger partial charge < -0.3 is 10.8 Å². The van der Waals surface area contributed by atoms with Gasteiger partial charge in [0.2, 0.25) is 0 Å². The minimum atomic E-state index is -3.17. The van der Waals surface area contributed by atoms with E-state index in [0.29, 0.717) is 0 Å². The van der Waals surface area contributed by atoms with Crippen LogP contribution in [-0.4, -0.2) is 37.0 Å². The van der Waals surface area contributed by atoms with Gasteiger partial charge >= 0.3 is 5.97 Å². The molecule has 1 aliphatic rings. The molecule has 0 aromatic carbocycles. The van der Waals surface area contributed by atoms with Crippen molar-refractivity contribution in [3.8, 4) is 12.3 Å². The average Bonchev–Trinajstić information content (AvgIpc) is 1.97. The van der Waals surface area contributed by atoms with E-state index in [2.05, 4.69) is 5.92 Å². The second-order valence-corrected chi connectivity index (χ2v) is 5.21. The Balaban J connectivity index is 2.90. The molecule has 0 amide bonds. The van der Waals surface area contributed by atoms with Crippen LogP contribution in [0.5, 0.6) is 0 Å². The summed E-state index contributed by atoms with van der Waals surface area (Å²) < 4.78 is 21.7. The van der Waals surface area contributed by atoms with Crippen LogP contribution in [0.2, 0.25) is 0 Å². The van der Waals surface area contributed by atoms with E-state index in [0.717, 1.165) is 0 Å². The molecule has 0 spiro atoms. The summed E-state index contributed by atoms with van der Waals surface area (Å²) in [6.07, 6.45) is 5.07. The molecule has 1 aliphatic heterocycles. The summed E-state index contributed by atoms with van der Waals surface area (Å²) >= 11 is 0. The van der Waals surface area contributed by atoms with E-state index < -0.39 is 27.3 Å². The first-order valence-corrected chi connectivity index (χ1v) is 5.32. The van der Waals surface area contributed by atoms with Crippen molar-refractivity contribution in [3.05, 3.63) is 0 Å². The summed E-state index contributed by atoms with van der Waals surface area (Å²) in [6.45, 7) is 0. The molecule has 6 heteroatoms. The van der Waals surface area contributed by atoms with Crippen LogP contribution in [0.15, 0.2) is 0 Å². The Labute approximate surface area is 75.8 Å². The van der Waals surface area contributed by atoms with Gasteiger partial charge in [-0.05, 0) is 0 Å². The first kappa shape index (κ1) is 10.0. The molecule has 1 heterocycles. The molecule has 0 aliphatic carbocycles. The highest BCUT2D eigenvalue weighted by molar-refractivity contribution is 7.92. The summed E-state index contributed by atoms with van der Waals surface area (Å²) in [7, 11) is -3.17. The molecule has 0 aromatic heterocycles. The number of nitrogens with two attached hydrogens (primary N) is 1. The van der Waals surface area contributed by atoms with Gasteiger partial charge in [0.25, 0.3) is 0 Å². The third-order valence-electron chi connectivity index (χ3n) is 2.10. The Morgan fingerprint density at radius 2 is 2.08 bits per heavy atom. The number of hydrogen-bond acceptors (Lipinski definition) is 4. The molecule has 0 saturated carbocycles. The Hall–Kier alpha value is -1.06. The lowest BCUT2D eigenvalue weighted by atomic mass is 9.84. The Kier molecular flexibility index (Phi) is 2.10. The summed E-state index contributed by atoms with van der Waals surface area (Å²) in [4.78, 5) is 10.5. The van der Waals surface area contributed by atoms with Crippen molar-refractivity contribution >= 4 is 15.8 Å². The van der Waals surface area contributed by atoms with Gasteiger partial charge in [0.1, 0.15) is 6.04 Å². The highest BCUT2D eigenvalue weighted by Crippen LogP contribution is 2.34. The maximum Gasteiger partial charge on any atom is 0.322 e. The molecule has 0 bridgehead atoms. The molecule has 3 N–H and O–H groups in total. The molecule has 0 aromatic rings. The van der Waals surface area contributed by atoms with Crippen LogP contribution < -0.4 is 5.73 Å². The fourth-order valence-corrected chi connectivity index (χ4v) is 3.34. The number of carboxylic acid groups (broad SMARTS) is 1. The maximum absolute atomic E-state index is 10.8. The van der Waals surface area contributed by atoms with Crippen LogP contribution in [0.3, 0.4) is 0 Å². The van der Waals surface area contributed by atoms with Gasteiger partial charge in [-0.3, -0.25) is 4.79 Å². The molecule has 1 saturated heterocycles. The van der Waals surface area contributed by atoms with E-state index in [4.69, 9.17) is 17.3 Å². The number of carbonyl (C=O) groups is 1. The third-order valence-corrected chi connectivity index (χ3v) is 4.01. The van der Waals surface area contributed by atoms with Crippen LogP contribution in [0.1, 0.15) is 0 Å². The van der Waals surface area contributed by atoms with Crippen molar-refractivity contribution in [2.24, 2.45) is 11.1 Å². The Bertz CT molecular complexity index is 366. The van der Waals surface area contributed by atoms with Gasteiger partial charge in [-0.15, -0.1) is 6.42 Å². The standard InChI is InChI=1S/C7H9NO4S/c1-2-7(5(8)6(9)10)3-13(11,12)4-7/h1,5H,3-4,8H2,(H,9,10)/t5-/m1/s1. The van der Waals surface area contributed by atoms with Gasteiger partial charge in [-0.1, -0.05) is 5.92 Å². The number of hydrogen-bond donors (Lipinski definition) is 2. The largest absolute Gasteiger partial charge is 0.480 e. The zero-order valence-corrected chi connectivity index (χ0v) is 7.54. The third kappa shape index (κ3) is 1.53.